The largest absolute Gasteiger partial charge is 0.336 e. The molecular weight excluding hydrogens is 414 g/mol. The topological polar surface area (TPSA) is 80.0 Å². The van der Waals surface area contributed by atoms with Crippen molar-refractivity contribution in [2.75, 3.05) is 31.2 Å². The van der Waals surface area contributed by atoms with Crippen LogP contribution in [-0.4, -0.2) is 53.5 Å². The maximum absolute atomic E-state index is 13.3. The number of benzene rings is 2. The van der Waals surface area contributed by atoms with Gasteiger partial charge >= 0.3 is 0 Å². The number of hydrogen-bond donors (Lipinski definition) is 0. The smallest absolute Gasteiger partial charge is 0.270 e. The van der Waals surface area contributed by atoms with E-state index in [1.807, 2.05) is 61.2 Å². The van der Waals surface area contributed by atoms with E-state index in [1.165, 1.54) is 5.01 Å². The summed E-state index contributed by atoms with van der Waals surface area (Å²) >= 11 is 0. The molecule has 33 heavy (non-hydrogen) atoms. The third-order valence-corrected chi connectivity index (χ3v) is 6.24. The average molecular weight is 444 g/mol. The van der Waals surface area contributed by atoms with Crippen molar-refractivity contribution in [1.82, 2.24) is 9.80 Å². The first-order valence-corrected chi connectivity index (χ1v) is 11.4. The van der Waals surface area contributed by atoms with Crippen LogP contribution in [0.2, 0.25) is 0 Å². The van der Waals surface area contributed by atoms with Gasteiger partial charge in [0.15, 0.2) is 0 Å². The first-order valence-electron chi connectivity index (χ1n) is 11.4. The van der Waals surface area contributed by atoms with Gasteiger partial charge in [0.1, 0.15) is 5.71 Å². The Labute approximate surface area is 194 Å². The van der Waals surface area contributed by atoms with E-state index in [-0.39, 0.29) is 18.2 Å². The fourth-order valence-electron chi connectivity index (χ4n) is 4.30. The maximum atomic E-state index is 13.3. The van der Waals surface area contributed by atoms with Crippen LogP contribution in [0.5, 0.6) is 0 Å². The lowest BCUT2D eigenvalue weighted by molar-refractivity contribution is -0.124. The summed E-state index contributed by atoms with van der Waals surface area (Å²) in [5, 5.41) is 14.9. The molecule has 0 saturated carbocycles. The molecular formula is C26H29N5O2. The minimum atomic E-state index is -0.0790. The van der Waals surface area contributed by atoms with E-state index in [0.29, 0.717) is 30.8 Å². The van der Waals surface area contributed by atoms with Crippen LogP contribution in [0, 0.1) is 25.2 Å². The number of carbonyl (C=O) groups excluding carboxylic acids is 2. The quantitative estimate of drug-likeness (QED) is 0.726. The van der Waals surface area contributed by atoms with Crippen molar-refractivity contribution in [1.29, 1.82) is 5.26 Å². The highest BCUT2D eigenvalue weighted by Gasteiger charge is 2.30. The van der Waals surface area contributed by atoms with E-state index in [2.05, 4.69) is 16.1 Å². The number of rotatable bonds is 4. The molecule has 2 aromatic rings. The van der Waals surface area contributed by atoms with Gasteiger partial charge in [-0.05, 0) is 55.2 Å². The number of carbonyl (C=O) groups is 2. The summed E-state index contributed by atoms with van der Waals surface area (Å²) < 4.78 is 0. The monoisotopic (exact) mass is 443 g/mol. The first-order chi connectivity index (χ1) is 15.9. The predicted octanol–water partition coefficient (Wildman–Crippen LogP) is 3.39. The highest BCUT2D eigenvalue weighted by atomic mass is 16.2. The van der Waals surface area contributed by atoms with Crippen molar-refractivity contribution in [3.63, 3.8) is 0 Å². The zero-order valence-corrected chi connectivity index (χ0v) is 19.3. The maximum Gasteiger partial charge on any atom is 0.270 e. The van der Waals surface area contributed by atoms with Crippen molar-refractivity contribution < 1.29 is 9.59 Å². The summed E-state index contributed by atoms with van der Waals surface area (Å²) in [7, 11) is 0. The Morgan fingerprint density at radius 3 is 2.58 bits per heavy atom. The summed E-state index contributed by atoms with van der Waals surface area (Å²) in [5.41, 5.74) is 5.03. The SMILES string of the molecule is Cc1ccc(C)c(N2N=C(C(=O)N3CCCN(Cc4ccc(C#N)cc4)CC3)CCC2=O)c1. The predicted molar refractivity (Wildman–Crippen MR) is 128 cm³/mol. The molecule has 170 valence electrons. The molecule has 0 N–H and O–H groups in total. The second-order valence-corrected chi connectivity index (χ2v) is 8.77. The average Bonchev–Trinajstić information content (AvgIpc) is 3.07. The van der Waals surface area contributed by atoms with Crippen LogP contribution >= 0.6 is 0 Å². The Hall–Kier alpha value is -3.50. The van der Waals surface area contributed by atoms with E-state index in [0.717, 1.165) is 48.4 Å². The fourth-order valence-corrected chi connectivity index (χ4v) is 4.30. The molecule has 0 radical (unpaired) electrons. The molecule has 2 amide bonds. The van der Waals surface area contributed by atoms with Gasteiger partial charge < -0.3 is 4.90 Å². The number of nitriles is 1. The summed E-state index contributed by atoms with van der Waals surface area (Å²) in [6, 6.07) is 15.7. The third-order valence-electron chi connectivity index (χ3n) is 6.24. The molecule has 0 aliphatic carbocycles. The van der Waals surface area contributed by atoms with Gasteiger partial charge in [0, 0.05) is 45.6 Å². The molecule has 7 nitrogen and oxygen atoms in total. The molecule has 0 bridgehead atoms. The molecule has 0 aromatic heterocycles. The fraction of sp³-hybridized carbons (Fsp3) is 0.385. The number of nitrogens with zero attached hydrogens (tertiary/aromatic N) is 5. The van der Waals surface area contributed by atoms with E-state index >= 15 is 0 Å². The Morgan fingerprint density at radius 2 is 1.82 bits per heavy atom. The lowest BCUT2D eigenvalue weighted by Gasteiger charge is -2.27. The molecule has 2 aliphatic rings. The summed E-state index contributed by atoms with van der Waals surface area (Å²) in [5.74, 6) is -0.150. The van der Waals surface area contributed by atoms with Crippen LogP contribution < -0.4 is 5.01 Å². The normalized spacial score (nSPS) is 17.4. The van der Waals surface area contributed by atoms with Gasteiger partial charge in [-0.1, -0.05) is 24.3 Å². The Morgan fingerprint density at radius 1 is 1.03 bits per heavy atom. The molecule has 7 heteroatoms. The second-order valence-electron chi connectivity index (χ2n) is 8.77. The highest BCUT2D eigenvalue weighted by Crippen LogP contribution is 2.26. The lowest BCUT2D eigenvalue weighted by Crippen LogP contribution is -2.43. The van der Waals surface area contributed by atoms with Crippen LogP contribution in [0.25, 0.3) is 0 Å². The van der Waals surface area contributed by atoms with Crippen LogP contribution in [-0.2, 0) is 16.1 Å². The third kappa shape index (κ3) is 5.29. The highest BCUT2D eigenvalue weighted by molar-refractivity contribution is 6.40. The summed E-state index contributed by atoms with van der Waals surface area (Å²) in [4.78, 5) is 30.1. The van der Waals surface area contributed by atoms with E-state index in [1.54, 1.807) is 0 Å². The minimum absolute atomic E-state index is 0.0713. The summed E-state index contributed by atoms with van der Waals surface area (Å²) in [6.45, 7) is 7.72. The van der Waals surface area contributed by atoms with Gasteiger partial charge in [-0.15, -0.1) is 0 Å². The Bertz CT molecular complexity index is 1120. The number of hydrogen-bond acceptors (Lipinski definition) is 5. The molecule has 2 heterocycles. The number of hydrazone groups is 1. The van der Waals surface area contributed by atoms with Crippen LogP contribution in [0.1, 0.15) is 41.5 Å². The van der Waals surface area contributed by atoms with Crippen LogP contribution in [0.3, 0.4) is 0 Å². The standard InChI is InChI=1S/C26H29N5O2/c1-19-4-5-20(2)24(16-19)31-25(32)11-10-23(28-31)26(33)30-13-3-12-29(14-15-30)18-22-8-6-21(17-27)7-9-22/h4-9,16H,3,10-15,18H2,1-2H3. The van der Waals surface area contributed by atoms with E-state index in [9.17, 15) is 9.59 Å². The van der Waals surface area contributed by atoms with Gasteiger partial charge in [0.25, 0.3) is 5.91 Å². The number of anilines is 1. The zero-order chi connectivity index (χ0) is 23.4. The second kappa shape index (κ2) is 9.97. The van der Waals surface area contributed by atoms with Crippen LogP contribution in [0.15, 0.2) is 47.6 Å². The van der Waals surface area contributed by atoms with Crippen molar-refractivity contribution >= 4 is 23.2 Å². The Kier molecular flexibility index (Phi) is 6.85. The van der Waals surface area contributed by atoms with Crippen molar-refractivity contribution in [2.45, 2.75) is 39.7 Å². The van der Waals surface area contributed by atoms with Crippen molar-refractivity contribution in [2.24, 2.45) is 5.10 Å². The van der Waals surface area contributed by atoms with Gasteiger partial charge in [0.05, 0.1) is 17.3 Å². The molecule has 0 atom stereocenters. The first kappa shape index (κ1) is 22.7. The molecule has 0 unspecified atom stereocenters. The zero-order valence-electron chi connectivity index (χ0n) is 19.3. The van der Waals surface area contributed by atoms with Gasteiger partial charge in [-0.25, -0.2) is 5.01 Å². The lowest BCUT2D eigenvalue weighted by atomic mass is 10.1. The van der Waals surface area contributed by atoms with Crippen molar-refractivity contribution in [3.05, 3.63) is 64.7 Å². The van der Waals surface area contributed by atoms with Crippen molar-refractivity contribution in [3.8, 4) is 6.07 Å². The molecule has 0 spiro atoms. The van der Waals surface area contributed by atoms with E-state index < -0.39 is 0 Å². The molecule has 1 saturated heterocycles. The minimum Gasteiger partial charge on any atom is -0.336 e. The molecule has 2 aromatic carbocycles. The molecule has 4 rings (SSSR count). The van der Waals surface area contributed by atoms with Gasteiger partial charge in [0.2, 0.25) is 5.91 Å². The van der Waals surface area contributed by atoms with Gasteiger partial charge in [-0.2, -0.15) is 10.4 Å². The number of amides is 2. The summed E-state index contributed by atoms with van der Waals surface area (Å²) in [6.07, 6.45) is 1.55. The van der Waals surface area contributed by atoms with E-state index in [4.69, 9.17) is 5.26 Å². The number of aryl methyl sites for hydroxylation is 2. The molecule has 2 aliphatic heterocycles. The van der Waals surface area contributed by atoms with Crippen LogP contribution in [0.4, 0.5) is 5.69 Å². The molecule has 1 fully saturated rings. The van der Waals surface area contributed by atoms with Gasteiger partial charge in [-0.3, -0.25) is 14.5 Å². The Balaban J connectivity index is 1.43.